The number of piperidine rings is 1. The molecule has 5 nitrogen and oxygen atoms in total. The van der Waals surface area contributed by atoms with Gasteiger partial charge in [-0.05, 0) is 57.1 Å². The molecule has 1 saturated heterocycles. The van der Waals surface area contributed by atoms with Crippen molar-refractivity contribution in [2.45, 2.75) is 31.7 Å². The minimum atomic E-state index is 0.0818. The Morgan fingerprint density at radius 1 is 1.29 bits per heavy atom. The summed E-state index contributed by atoms with van der Waals surface area (Å²) < 4.78 is 0. The Balaban J connectivity index is 1.83. The lowest BCUT2D eigenvalue weighted by molar-refractivity contribution is -0.116. The molecule has 3 rings (SSSR count). The molecule has 0 radical (unpaired) electrons. The minimum Gasteiger partial charge on any atom is -0.397 e. The first-order valence-electron chi connectivity index (χ1n) is 7.68. The molecule has 0 saturated carbocycles. The highest BCUT2D eigenvalue weighted by Gasteiger charge is 2.24. The lowest BCUT2D eigenvalue weighted by Gasteiger charge is -2.37. The summed E-state index contributed by atoms with van der Waals surface area (Å²) in [5, 5.41) is 2.91. The highest BCUT2D eigenvalue weighted by molar-refractivity contribution is 5.95. The predicted octanol–water partition coefficient (Wildman–Crippen LogP) is 1.68. The molecule has 2 aliphatic heterocycles. The van der Waals surface area contributed by atoms with E-state index < -0.39 is 0 Å². The van der Waals surface area contributed by atoms with Crippen LogP contribution in [0.15, 0.2) is 12.1 Å². The lowest BCUT2D eigenvalue weighted by Crippen LogP contribution is -2.42. The number of amides is 1. The normalized spacial score (nSPS) is 20.0. The predicted molar refractivity (Wildman–Crippen MR) is 86.7 cm³/mol. The number of nitrogens with two attached hydrogens (primary N) is 1. The summed E-state index contributed by atoms with van der Waals surface area (Å²) in [6, 6.07) is 4.61. The molecular weight excluding hydrogens is 264 g/mol. The summed E-state index contributed by atoms with van der Waals surface area (Å²) in [5.41, 5.74) is 10.1. The topological polar surface area (TPSA) is 61.6 Å². The molecule has 21 heavy (non-hydrogen) atoms. The van der Waals surface area contributed by atoms with Crippen molar-refractivity contribution < 1.29 is 4.79 Å². The molecule has 2 aliphatic rings. The van der Waals surface area contributed by atoms with Crippen LogP contribution in [0.1, 0.15) is 24.8 Å². The summed E-state index contributed by atoms with van der Waals surface area (Å²) in [5.74, 6) is 0.0818. The fourth-order valence-electron chi connectivity index (χ4n) is 3.32. The Morgan fingerprint density at radius 2 is 2.00 bits per heavy atom. The van der Waals surface area contributed by atoms with Crippen LogP contribution in [0.5, 0.6) is 0 Å². The van der Waals surface area contributed by atoms with Crippen LogP contribution in [0.4, 0.5) is 17.1 Å². The van der Waals surface area contributed by atoms with Crippen LogP contribution in [0.25, 0.3) is 0 Å². The van der Waals surface area contributed by atoms with Gasteiger partial charge in [0.2, 0.25) is 5.91 Å². The molecule has 0 aliphatic carbocycles. The van der Waals surface area contributed by atoms with Crippen molar-refractivity contribution in [3.8, 4) is 0 Å². The molecule has 0 atom stereocenters. The van der Waals surface area contributed by atoms with E-state index in [1.54, 1.807) is 0 Å². The Bertz CT molecular complexity index is 549. The molecule has 1 fully saturated rings. The second-order valence-corrected chi connectivity index (χ2v) is 6.26. The number of nitrogens with one attached hydrogen (secondary N) is 1. The van der Waals surface area contributed by atoms with Gasteiger partial charge < -0.3 is 20.9 Å². The molecule has 2 heterocycles. The maximum atomic E-state index is 11.5. The third-order valence-corrected chi connectivity index (χ3v) is 4.76. The average Bonchev–Trinajstić information content (AvgIpc) is 2.46. The van der Waals surface area contributed by atoms with Crippen molar-refractivity contribution in [2.75, 3.05) is 43.1 Å². The van der Waals surface area contributed by atoms with Crippen molar-refractivity contribution in [1.82, 2.24) is 4.90 Å². The first-order valence-corrected chi connectivity index (χ1v) is 7.68. The largest absolute Gasteiger partial charge is 0.397 e. The first-order chi connectivity index (χ1) is 10.0. The molecule has 3 N–H and O–H groups in total. The number of hydrogen-bond acceptors (Lipinski definition) is 4. The van der Waals surface area contributed by atoms with E-state index in [4.69, 9.17) is 5.73 Å². The van der Waals surface area contributed by atoms with E-state index in [2.05, 4.69) is 35.3 Å². The third kappa shape index (κ3) is 2.83. The fourth-order valence-corrected chi connectivity index (χ4v) is 3.32. The van der Waals surface area contributed by atoms with Gasteiger partial charge in [0.1, 0.15) is 0 Å². The van der Waals surface area contributed by atoms with Gasteiger partial charge in [-0.1, -0.05) is 0 Å². The molecule has 1 amide bonds. The summed E-state index contributed by atoms with van der Waals surface area (Å²) in [6.45, 7) is 2.27. The van der Waals surface area contributed by atoms with E-state index in [-0.39, 0.29) is 5.91 Å². The lowest BCUT2D eigenvalue weighted by atomic mass is 9.99. The SMILES string of the molecule is CN1CCC(N(C)c2cc3c(cc2N)NC(=O)CC3)CC1. The number of rotatable bonds is 2. The Morgan fingerprint density at radius 3 is 2.71 bits per heavy atom. The highest BCUT2D eigenvalue weighted by Crippen LogP contribution is 2.34. The second kappa shape index (κ2) is 5.56. The third-order valence-electron chi connectivity index (χ3n) is 4.76. The molecule has 0 unspecified atom stereocenters. The van der Waals surface area contributed by atoms with Crippen molar-refractivity contribution in [2.24, 2.45) is 0 Å². The number of likely N-dealkylation sites (tertiary alicyclic amines) is 1. The smallest absolute Gasteiger partial charge is 0.224 e. The van der Waals surface area contributed by atoms with E-state index >= 15 is 0 Å². The van der Waals surface area contributed by atoms with E-state index in [0.717, 1.165) is 36.6 Å². The van der Waals surface area contributed by atoms with Gasteiger partial charge in [-0.2, -0.15) is 0 Å². The van der Waals surface area contributed by atoms with E-state index in [1.165, 1.54) is 18.4 Å². The number of fused-ring (bicyclic) bond motifs is 1. The van der Waals surface area contributed by atoms with Gasteiger partial charge in [0, 0.05) is 25.2 Å². The van der Waals surface area contributed by atoms with E-state index in [0.29, 0.717) is 12.5 Å². The molecule has 1 aromatic rings. The number of nitrogens with zero attached hydrogens (tertiary/aromatic N) is 2. The van der Waals surface area contributed by atoms with Gasteiger partial charge in [-0.25, -0.2) is 0 Å². The number of benzene rings is 1. The Labute approximate surface area is 126 Å². The van der Waals surface area contributed by atoms with Crippen LogP contribution in [-0.4, -0.2) is 44.0 Å². The monoisotopic (exact) mass is 288 g/mol. The van der Waals surface area contributed by atoms with E-state index in [9.17, 15) is 4.79 Å². The quantitative estimate of drug-likeness (QED) is 0.813. The van der Waals surface area contributed by atoms with Crippen molar-refractivity contribution in [3.63, 3.8) is 0 Å². The van der Waals surface area contributed by atoms with Crippen LogP contribution in [0.3, 0.4) is 0 Å². The standard InChI is InChI=1S/C16H24N4O/c1-19-7-5-12(6-8-19)20(2)15-9-11-3-4-16(21)18-14(11)10-13(15)17/h9-10,12H,3-8,17H2,1-2H3,(H,18,21). The van der Waals surface area contributed by atoms with E-state index in [1.807, 2.05) is 6.07 Å². The first kappa shape index (κ1) is 14.2. The molecule has 0 aromatic heterocycles. The van der Waals surface area contributed by atoms with Crippen LogP contribution in [-0.2, 0) is 11.2 Å². The molecule has 0 spiro atoms. The number of nitrogen functional groups attached to an aromatic ring is 1. The van der Waals surface area contributed by atoms with Gasteiger partial charge in [-0.15, -0.1) is 0 Å². The molecular formula is C16H24N4O. The number of anilines is 3. The fraction of sp³-hybridized carbons (Fsp3) is 0.562. The molecule has 0 bridgehead atoms. The van der Waals surface area contributed by atoms with Gasteiger partial charge in [0.15, 0.2) is 0 Å². The van der Waals surface area contributed by atoms with Gasteiger partial charge in [0.25, 0.3) is 0 Å². The number of aryl methyl sites for hydroxylation is 1. The molecule has 114 valence electrons. The summed E-state index contributed by atoms with van der Waals surface area (Å²) in [7, 11) is 4.31. The highest BCUT2D eigenvalue weighted by atomic mass is 16.1. The van der Waals surface area contributed by atoms with Crippen LogP contribution < -0.4 is 16.0 Å². The zero-order valence-electron chi connectivity index (χ0n) is 12.9. The molecule has 5 heteroatoms. The Kier molecular flexibility index (Phi) is 3.76. The second-order valence-electron chi connectivity index (χ2n) is 6.26. The average molecular weight is 288 g/mol. The van der Waals surface area contributed by atoms with Crippen molar-refractivity contribution >= 4 is 23.0 Å². The van der Waals surface area contributed by atoms with Gasteiger partial charge in [-0.3, -0.25) is 4.79 Å². The van der Waals surface area contributed by atoms with Crippen LogP contribution in [0.2, 0.25) is 0 Å². The summed E-state index contributed by atoms with van der Waals surface area (Å²) in [6.07, 6.45) is 3.70. The van der Waals surface area contributed by atoms with Crippen LogP contribution in [0, 0.1) is 0 Å². The summed E-state index contributed by atoms with van der Waals surface area (Å²) in [4.78, 5) is 16.2. The van der Waals surface area contributed by atoms with Crippen molar-refractivity contribution in [1.29, 1.82) is 0 Å². The maximum absolute atomic E-state index is 11.5. The Hall–Kier alpha value is -1.75. The zero-order chi connectivity index (χ0) is 15.0. The maximum Gasteiger partial charge on any atom is 0.224 e. The van der Waals surface area contributed by atoms with Crippen molar-refractivity contribution in [3.05, 3.63) is 17.7 Å². The number of carbonyl (C=O) groups excluding carboxylic acids is 1. The van der Waals surface area contributed by atoms with Crippen LogP contribution >= 0.6 is 0 Å². The van der Waals surface area contributed by atoms with Gasteiger partial charge in [0.05, 0.1) is 11.4 Å². The summed E-state index contributed by atoms with van der Waals surface area (Å²) >= 11 is 0. The number of carbonyl (C=O) groups is 1. The van der Waals surface area contributed by atoms with Gasteiger partial charge >= 0.3 is 0 Å². The minimum absolute atomic E-state index is 0.0818. The zero-order valence-corrected chi connectivity index (χ0v) is 12.9. The number of hydrogen-bond donors (Lipinski definition) is 2. The molecule has 1 aromatic carbocycles.